The van der Waals surface area contributed by atoms with Gasteiger partial charge in [-0.1, -0.05) is 13.8 Å². The fourth-order valence-electron chi connectivity index (χ4n) is 0. The Hall–Kier alpha value is 0.118. The minimum absolute atomic E-state index is 0. The molecule has 0 saturated carbocycles. The van der Waals surface area contributed by atoms with Crippen molar-refractivity contribution in [3.8, 4) is 0 Å². The molecule has 0 aliphatic carbocycles. The molecular weight excluding hydrogens is 289 g/mol. The summed E-state index contributed by atoms with van der Waals surface area (Å²) in [6, 6.07) is 0. The Labute approximate surface area is 62.5 Å². The number of carboxylic acid groups (broad SMARTS) is 1. The predicted molar refractivity (Wildman–Crippen MR) is 26.0 cm³/mol. The first-order valence-electron chi connectivity index (χ1n) is 1.93. The summed E-state index contributed by atoms with van der Waals surface area (Å²) in [6.07, 6.45) is 0. The Kier molecular flexibility index (Phi) is 4.40. The van der Waals surface area contributed by atoms with E-state index in [0.29, 0.717) is 0 Å². The molecule has 0 rings (SSSR count). The number of carbonyl (C=O) groups is 1. The summed E-state index contributed by atoms with van der Waals surface area (Å²) in [5.41, 5.74) is 5.45. The first-order valence-corrected chi connectivity index (χ1v) is 1.93. The third kappa shape index (κ3) is 4.28. The van der Waals surface area contributed by atoms with E-state index in [1.807, 2.05) is 0 Å². The van der Waals surface area contributed by atoms with Crippen LogP contribution < -0.4 is 0 Å². The maximum atomic E-state index is 9.83. The molecule has 3 nitrogen and oxygen atoms in total. The molecular formula is C4H8NO2Pt+. The number of hydrogen-bond acceptors (Lipinski definition) is 1. The van der Waals surface area contributed by atoms with E-state index in [1.54, 1.807) is 0 Å². The van der Waals surface area contributed by atoms with Gasteiger partial charge in [-0.25, -0.2) is 0 Å². The van der Waals surface area contributed by atoms with E-state index in [4.69, 9.17) is 10.8 Å². The molecule has 0 aromatic rings. The normalized spacial score (nSPS) is 9.88. The third-order valence-corrected chi connectivity index (χ3v) is 0.535. The number of hydrogen-bond donors (Lipinski definition) is 1. The van der Waals surface area contributed by atoms with Crippen LogP contribution in [0.15, 0.2) is 0 Å². The van der Waals surface area contributed by atoms with Crippen molar-refractivity contribution < 1.29 is 31.0 Å². The summed E-state index contributed by atoms with van der Waals surface area (Å²) in [5, 5.41) is 8.06. The number of rotatable bonds is 1. The van der Waals surface area contributed by atoms with Crippen molar-refractivity contribution in [2.75, 3.05) is 0 Å². The van der Waals surface area contributed by atoms with Gasteiger partial charge in [-0.15, -0.1) is 0 Å². The van der Waals surface area contributed by atoms with Gasteiger partial charge in [-0.2, -0.15) is 0 Å². The fraction of sp³-hybridized carbons (Fsp3) is 0.750. The summed E-state index contributed by atoms with van der Waals surface area (Å²) in [4.78, 5) is 9.83. The first-order chi connectivity index (χ1) is 2.94. The van der Waals surface area contributed by atoms with Gasteiger partial charge in [0.05, 0.1) is 0 Å². The Bertz CT molecular complexity index is 86.5. The summed E-state index contributed by atoms with van der Waals surface area (Å²) in [7, 11) is 0. The van der Waals surface area contributed by atoms with Crippen LogP contribution in [0, 0.1) is 0 Å². The maximum Gasteiger partial charge on any atom is 2.00 e. The molecule has 0 fully saturated rings. The standard InChI is InChI=1S/C4H8NO2.Pt/c1-4(2,5)3(6)7;/h5H,1-2H3,(H,6,7);/q-1;+2. The topological polar surface area (TPSA) is 61.1 Å². The second-order valence-corrected chi connectivity index (χ2v) is 1.93. The van der Waals surface area contributed by atoms with Gasteiger partial charge in [0.25, 0.3) is 5.97 Å². The Morgan fingerprint density at radius 1 is 1.62 bits per heavy atom. The quantitative estimate of drug-likeness (QED) is 0.781. The zero-order valence-electron chi connectivity index (χ0n) is 4.67. The zero-order valence-corrected chi connectivity index (χ0v) is 6.94. The molecule has 0 bridgehead atoms. The minimum Gasteiger partial charge on any atom is -0.663 e. The van der Waals surface area contributed by atoms with Crippen LogP contribution in [0.4, 0.5) is 0 Å². The van der Waals surface area contributed by atoms with Crippen molar-refractivity contribution >= 4 is 5.97 Å². The van der Waals surface area contributed by atoms with E-state index in [1.165, 1.54) is 13.8 Å². The SMILES string of the molecule is CC(C)([NH-])C(=O)O.[Pt+2]. The molecule has 0 spiro atoms. The van der Waals surface area contributed by atoms with Crippen molar-refractivity contribution in [3.05, 3.63) is 5.73 Å². The summed E-state index contributed by atoms with van der Waals surface area (Å²) in [5.74, 6) is -1.09. The van der Waals surface area contributed by atoms with E-state index >= 15 is 0 Å². The number of carboxylic acids is 1. The van der Waals surface area contributed by atoms with Crippen LogP contribution in [0.3, 0.4) is 0 Å². The third-order valence-electron chi connectivity index (χ3n) is 0.535. The largest absolute Gasteiger partial charge is 2.00 e. The van der Waals surface area contributed by atoms with E-state index < -0.39 is 11.5 Å². The van der Waals surface area contributed by atoms with E-state index in [9.17, 15) is 4.79 Å². The average molecular weight is 297 g/mol. The molecule has 0 aromatic heterocycles. The summed E-state index contributed by atoms with van der Waals surface area (Å²) in [6.45, 7) is 2.66. The zero-order chi connectivity index (χ0) is 6.08. The average Bonchev–Trinajstić information content (AvgIpc) is 1.31. The van der Waals surface area contributed by atoms with Crippen LogP contribution in [0.5, 0.6) is 0 Å². The smallest absolute Gasteiger partial charge is 0.663 e. The van der Waals surface area contributed by atoms with Gasteiger partial charge in [-0.05, 0) is 5.54 Å². The van der Waals surface area contributed by atoms with Crippen molar-refractivity contribution in [3.63, 3.8) is 0 Å². The predicted octanol–water partition coefficient (Wildman–Crippen LogP) is 0.899. The van der Waals surface area contributed by atoms with Gasteiger partial charge in [0.2, 0.25) is 0 Å². The van der Waals surface area contributed by atoms with Gasteiger partial charge < -0.3 is 10.8 Å². The van der Waals surface area contributed by atoms with Crippen molar-refractivity contribution in [2.24, 2.45) is 0 Å². The van der Waals surface area contributed by atoms with E-state index in [0.717, 1.165) is 0 Å². The Balaban J connectivity index is 0. The molecule has 0 aromatic carbocycles. The van der Waals surface area contributed by atoms with E-state index in [2.05, 4.69) is 0 Å². The number of aliphatic carboxylic acids is 1. The molecule has 4 heteroatoms. The van der Waals surface area contributed by atoms with Crippen LogP contribution in [-0.2, 0) is 25.9 Å². The molecule has 0 aliphatic heterocycles. The molecule has 2 N–H and O–H groups in total. The van der Waals surface area contributed by atoms with Gasteiger partial charge in [0.1, 0.15) is 0 Å². The molecule has 50 valence electrons. The Morgan fingerprint density at radius 2 is 1.75 bits per heavy atom. The van der Waals surface area contributed by atoms with Gasteiger partial charge >= 0.3 is 21.1 Å². The van der Waals surface area contributed by atoms with Crippen LogP contribution >= 0.6 is 0 Å². The van der Waals surface area contributed by atoms with Crippen LogP contribution in [-0.4, -0.2) is 16.6 Å². The van der Waals surface area contributed by atoms with E-state index in [-0.39, 0.29) is 21.1 Å². The van der Waals surface area contributed by atoms with Crippen LogP contribution in [0.25, 0.3) is 5.73 Å². The fourth-order valence-corrected chi connectivity index (χ4v) is 0. The second-order valence-electron chi connectivity index (χ2n) is 1.93. The summed E-state index contributed by atoms with van der Waals surface area (Å²) < 4.78 is 0. The van der Waals surface area contributed by atoms with Crippen molar-refractivity contribution in [1.82, 2.24) is 0 Å². The van der Waals surface area contributed by atoms with Crippen LogP contribution in [0.1, 0.15) is 13.8 Å². The molecule has 0 heterocycles. The number of nitrogens with one attached hydrogen (secondary N) is 1. The molecule has 0 radical (unpaired) electrons. The van der Waals surface area contributed by atoms with Gasteiger partial charge in [-0.3, -0.25) is 4.79 Å². The molecule has 0 amide bonds. The molecule has 8 heavy (non-hydrogen) atoms. The summed E-state index contributed by atoms with van der Waals surface area (Å²) >= 11 is 0. The van der Waals surface area contributed by atoms with Crippen molar-refractivity contribution in [1.29, 1.82) is 0 Å². The van der Waals surface area contributed by atoms with Gasteiger partial charge in [0.15, 0.2) is 0 Å². The maximum absolute atomic E-state index is 9.83. The monoisotopic (exact) mass is 297 g/mol. The molecule has 0 aliphatic rings. The molecule has 0 saturated heterocycles. The van der Waals surface area contributed by atoms with Crippen molar-refractivity contribution in [2.45, 2.75) is 19.4 Å². The molecule has 0 atom stereocenters. The molecule has 0 unspecified atom stereocenters. The Morgan fingerprint density at radius 3 is 1.75 bits per heavy atom. The minimum atomic E-state index is -1.33. The van der Waals surface area contributed by atoms with Crippen LogP contribution in [0.2, 0.25) is 0 Å². The second kappa shape index (κ2) is 3.20. The van der Waals surface area contributed by atoms with Gasteiger partial charge in [0, 0.05) is 0 Å². The first kappa shape index (κ1) is 11.0.